The molecule has 0 aromatic rings. The Kier molecular flexibility index (Phi) is 8.45. The first-order chi connectivity index (χ1) is 9.19. The molecule has 6 heteroatoms. The zero-order chi connectivity index (χ0) is 14.1. The van der Waals surface area contributed by atoms with Crippen LogP contribution in [0, 0.1) is 0 Å². The van der Waals surface area contributed by atoms with Crippen molar-refractivity contribution in [3.05, 3.63) is 0 Å². The smallest absolute Gasteiger partial charge is 0.239 e. The minimum atomic E-state index is -0.335. The van der Waals surface area contributed by atoms with Crippen molar-refractivity contribution in [1.29, 1.82) is 0 Å². The van der Waals surface area contributed by atoms with E-state index in [1.54, 1.807) is 18.9 Å². The number of hydrogen-bond donors (Lipinski definition) is 1. The van der Waals surface area contributed by atoms with Gasteiger partial charge in [0, 0.05) is 33.3 Å². The molecule has 0 aromatic heterocycles. The summed E-state index contributed by atoms with van der Waals surface area (Å²) in [6.45, 7) is 5.26. The zero-order valence-corrected chi connectivity index (χ0v) is 13.0. The Morgan fingerprint density at radius 2 is 2.16 bits per heavy atom. The number of rotatable bonds is 7. The van der Waals surface area contributed by atoms with Gasteiger partial charge in [-0.15, -0.1) is 0 Å². The third-order valence-electron chi connectivity index (χ3n) is 3.46. The van der Waals surface area contributed by atoms with Gasteiger partial charge in [-0.2, -0.15) is 11.8 Å². The maximum atomic E-state index is 12.2. The fraction of sp³-hybridized carbons (Fsp3) is 0.923. The number of ether oxygens (including phenoxy) is 1. The van der Waals surface area contributed by atoms with E-state index in [9.17, 15) is 4.79 Å². The molecule has 1 heterocycles. The van der Waals surface area contributed by atoms with Crippen molar-refractivity contribution in [2.75, 3.05) is 58.4 Å². The lowest BCUT2D eigenvalue weighted by molar-refractivity contribution is -0.132. The first-order valence-corrected chi connectivity index (χ1v) is 8.33. The number of nitrogens with zero attached hydrogens (tertiary/aromatic N) is 2. The van der Waals surface area contributed by atoms with Crippen molar-refractivity contribution >= 4 is 17.7 Å². The fourth-order valence-corrected chi connectivity index (χ4v) is 2.73. The highest BCUT2D eigenvalue weighted by Gasteiger charge is 2.23. The zero-order valence-electron chi connectivity index (χ0n) is 12.1. The monoisotopic (exact) mass is 289 g/mol. The maximum absolute atomic E-state index is 12.2. The second-order valence-corrected chi connectivity index (χ2v) is 5.89. The van der Waals surface area contributed by atoms with E-state index in [-0.39, 0.29) is 11.9 Å². The Morgan fingerprint density at radius 3 is 2.84 bits per heavy atom. The minimum Gasteiger partial charge on any atom is -0.383 e. The van der Waals surface area contributed by atoms with Gasteiger partial charge in [0.05, 0.1) is 12.6 Å². The van der Waals surface area contributed by atoms with Gasteiger partial charge in [-0.05, 0) is 31.4 Å². The Bertz CT molecular complexity index is 266. The highest BCUT2D eigenvalue weighted by Crippen LogP contribution is 2.07. The van der Waals surface area contributed by atoms with Crippen molar-refractivity contribution in [1.82, 2.24) is 9.80 Å². The summed E-state index contributed by atoms with van der Waals surface area (Å²) >= 11 is 1.73. The van der Waals surface area contributed by atoms with E-state index in [1.165, 1.54) is 0 Å². The first kappa shape index (κ1) is 16.8. The molecule has 1 amide bonds. The summed E-state index contributed by atoms with van der Waals surface area (Å²) in [5, 5.41) is 0. The van der Waals surface area contributed by atoms with Gasteiger partial charge in [0.15, 0.2) is 0 Å². The van der Waals surface area contributed by atoms with Crippen LogP contribution in [0.3, 0.4) is 0 Å². The topological polar surface area (TPSA) is 58.8 Å². The van der Waals surface area contributed by atoms with Gasteiger partial charge in [0.25, 0.3) is 0 Å². The lowest BCUT2D eigenvalue weighted by Gasteiger charge is -2.24. The average molecular weight is 289 g/mol. The molecule has 0 radical (unpaired) electrons. The Morgan fingerprint density at radius 1 is 1.37 bits per heavy atom. The molecule has 0 unspecified atom stereocenters. The molecule has 19 heavy (non-hydrogen) atoms. The molecule has 0 aliphatic carbocycles. The van der Waals surface area contributed by atoms with Crippen LogP contribution >= 0.6 is 11.8 Å². The van der Waals surface area contributed by atoms with E-state index in [4.69, 9.17) is 10.5 Å². The van der Waals surface area contributed by atoms with E-state index >= 15 is 0 Å². The third-order valence-corrected chi connectivity index (χ3v) is 4.11. The second-order valence-electron chi connectivity index (χ2n) is 4.90. The molecule has 5 nitrogen and oxygen atoms in total. The molecule has 1 aliphatic heterocycles. The van der Waals surface area contributed by atoms with Crippen LogP contribution in [0.15, 0.2) is 0 Å². The van der Waals surface area contributed by atoms with E-state index < -0.39 is 0 Å². The normalized spacial score (nSPS) is 19.2. The van der Waals surface area contributed by atoms with E-state index in [0.29, 0.717) is 0 Å². The van der Waals surface area contributed by atoms with Crippen molar-refractivity contribution in [3.8, 4) is 0 Å². The van der Waals surface area contributed by atoms with Crippen molar-refractivity contribution < 1.29 is 9.53 Å². The molecule has 1 atom stereocenters. The molecule has 1 saturated heterocycles. The molecule has 2 N–H and O–H groups in total. The first-order valence-electron chi connectivity index (χ1n) is 6.93. The Labute approximate surface area is 120 Å². The van der Waals surface area contributed by atoms with Crippen molar-refractivity contribution in [2.24, 2.45) is 5.73 Å². The second kappa shape index (κ2) is 9.58. The number of nitrogens with two attached hydrogens (primary N) is 1. The van der Waals surface area contributed by atoms with Gasteiger partial charge in [0.2, 0.25) is 5.91 Å². The standard InChI is InChI=1S/C13H27N3O2S/c1-18-10-9-15-5-3-6-16(8-7-15)13(17)12(14)4-11-19-2/h12H,3-11,14H2,1-2H3/t12-/m1/s1. The van der Waals surface area contributed by atoms with E-state index in [1.807, 2.05) is 11.2 Å². The summed E-state index contributed by atoms with van der Waals surface area (Å²) in [6.07, 6.45) is 3.82. The molecule has 0 spiro atoms. The van der Waals surface area contributed by atoms with Crippen molar-refractivity contribution in [2.45, 2.75) is 18.9 Å². The van der Waals surface area contributed by atoms with Crippen LogP contribution in [0.4, 0.5) is 0 Å². The van der Waals surface area contributed by atoms with Gasteiger partial charge >= 0.3 is 0 Å². The summed E-state index contributed by atoms with van der Waals surface area (Å²) < 4.78 is 5.10. The number of thioether (sulfide) groups is 1. The van der Waals surface area contributed by atoms with Crippen LogP contribution < -0.4 is 5.73 Å². The number of hydrogen-bond acceptors (Lipinski definition) is 5. The molecular weight excluding hydrogens is 262 g/mol. The van der Waals surface area contributed by atoms with Gasteiger partial charge in [-0.3, -0.25) is 9.69 Å². The molecule has 112 valence electrons. The van der Waals surface area contributed by atoms with Gasteiger partial charge in [-0.1, -0.05) is 0 Å². The minimum absolute atomic E-state index is 0.114. The maximum Gasteiger partial charge on any atom is 0.239 e. The number of carbonyl (C=O) groups is 1. The van der Waals surface area contributed by atoms with E-state index in [0.717, 1.165) is 57.9 Å². The van der Waals surface area contributed by atoms with Gasteiger partial charge < -0.3 is 15.4 Å². The SMILES string of the molecule is COCCN1CCCN(C(=O)[C@H](N)CCSC)CC1. The van der Waals surface area contributed by atoms with E-state index in [2.05, 4.69) is 4.90 Å². The van der Waals surface area contributed by atoms with Gasteiger partial charge in [0.1, 0.15) is 0 Å². The molecular formula is C13H27N3O2S. The Hall–Kier alpha value is -0.300. The fourth-order valence-electron chi connectivity index (χ4n) is 2.24. The number of methoxy groups -OCH3 is 1. The predicted octanol–water partition coefficient (Wildman–Crippen LogP) is 0.248. The summed E-state index contributed by atoms with van der Waals surface area (Å²) in [7, 11) is 1.72. The summed E-state index contributed by atoms with van der Waals surface area (Å²) in [5.74, 6) is 1.06. The summed E-state index contributed by atoms with van der Waals surface area (Å²) in [4.78, 5) is 16.5. The molecule has 0 bridgehead atoms. The average Bonchev–Trinajstić information content (AvgIpc) is 2.67. The third kappa shape index (κ3) is 6.12. The molecule has 1 aliphatic rings. The number of amides is 1. The Balaban J connectivity index is 2.36. The highest BCUT2D eigenvalue weighted by molar-refractivity contribution is 7.98. The van der Waals surface area contributed by atoms with Crippen LogP contribution in [-0.2, 0) is 9.53 Å². The lowest BCUT2D eigenvalue weighted by atomic mass is 10.2. The van der Waals surface area contributed by atoms with Crippen LogP contribution in [0.25, 0.3) is 0 Å². The lowest BCUT2D eigenvalue weighted by Crippen LogP contribution is -2.45. The van der Waals surface area contributed by atoms with Crippen LogP contribution in [0.2, 0.25) is 0 Å². The number of carbonyl (C=O) groups excluding carboxylic acids is 1. The molecule has 0 aromatic carbocycles. The van der Waals surface area contributed by atoms with Gasteiger partial charge in [-0.25, -0.2) is 0 Å². The molecule has 1 fully saturated rings. The van der Waals surface area contributed by atoms with Crippen molar-refractivity contribution in [3.63, 3.8) is 0 Å². The highest BCUT2D eigenvalue weighted by atomic mass is 32.2. The quantitative estimate of drug-likeness (QED) is 0.728. The summed E-state index contributed by atoms with van der Waals surface area (Å²) in [6, 6.07) is -0.335. The predicted molar refractivity (Wildman–Crippen MR) is 80.5 cm³/mol. The summed E-state index contributed by atoms with van der Waals surface area (Å²) in [5.41, 5.74) is 5.96. The van der Waals surface area contributed by atoms with Crippen LogP contribution in [0.1, 0.15) is 12.8 Å². The molecule has 0 saturated carbocycles. The van der Waals surface area contributed by atoms with Crippen LogP contribution in [-0.4, -0.2) is 80.2 Å². The molecule has 1 rings (SSSR count). The largest absolute Gasteiger partial charge is 0.383 e. The van der Waals surface area contributed by atoms with Crippen LogP contribution in [0.5, 0.6) is 0 Å².